The molecule has 6 rings (SSSR count). The number of carbonyl (C=O) groups excluding carboxylic acids is 1. The van der Waals surface area contributed by atoms with Crippen molar-refractivity contribution in [3.63, 3.8) is 0 Å². The average molecular weight is 820 g/mol. The van der Waals surface area contributed by atoms with Crippen LogP contribution in [-0.2, 0) is 16.1 Å². The Kier molecular flexibility index (Phi) is 10.8. The molecule has 50 heavy (non-hydrogen) atoms. The Morgan fingerprint density at radius 2 is 1.80 bits per heavy atom. The van der Waals surface area contributed by atoms with E-state index in [4.69, 9.17) is 19.2 Å². The molecule has 1 atom stereocenters. The fourth-order valence-electron chi connectivity index (χ4n) is 5.53. The molecule has 4 aromatic carbocycles. The fourth-order valence-corrected chi connectivity index (χ4v) is 7.72. The topological polar surface area (TPSA) is 122 Å². The summed E-state index contributed by atoms with van der Waals surface area (Å²) in [5, 5.41) is 11.0. The first-order chi connectivity index (χ1) is 24.2. The van der Waals surface area contributed by atoms with Gasteiger partial charge in [0, 0.05) is 22.6 Å². The summed E-state index contributed by atoms with van der Waals surface area (Å²) in [4.78, 5) is 45.0. The van der Waals surface area contributed by atoms with Gasteiger partial charge in [0.05, 0.1) is 44.1 Å². The standard InChI is InChI=1S/C37H30IN3O7S2/c1-4-47-36(43)31-32(24-8-6-5-7-9-24)39-37-40(33(31)25-12-16-27(49-3)17-13-25)35(42)30(50-37)20-23-18-28(38)34(29(19-23)46-2)48-21-22-10-14-26(15-11-22)41(44)45/h5-20,33H,4,21H2,1-3H3/b30-20-/t33-/m1/s1. The summed E-state index contributed by atoms with van der Waals surface area (Å²) in [5.41, 5.74) is 3.41. The summed E-state index contributed by atoms with van der Waals surface area (Å²) in [5.74, 6) is 0.429. The van der Waals surface area contributed by atoms with Crippen LogP contribution in [-0.4, -0.2) is 35.4 Å². The molecule has 2 heterocycles. The smallest absolute Gasteiger partial charge is 0.338 e. The number of halogens is 1. The number of rotatable bonds is 11. The van der Waals surface area contributed by atoms with Gasteiger partial charge in [-0.3, -0.25) is 19.5 Å². The highest BCUT2D eigenvalue weighted by Crippen LogP contribution is 2.37. The van der Waals surface area contributed by atoms with Gasteiger partial charge in [0.25, 0.3) is 11.2 Å². The van der Waals surface area contributed by atoms with Crippen LogP contribution in [0, 0.1) is 13.7 Å². The lowest BCUT2D eigenvalue weighted by molar-refractivity contribution is -0.384. The summed E-state index contributed by atoms with van der Waals surface area (Å²) in [6.45, 7) is 2.09. The van der Waals surface area contributed by atoms with Crippen LogP contribution in [0.1, 0.15) is 35.2 Å². The lowest BCUT2D eigenvalue weighted by Gasteiger charge is -2.26. The molecule has 0 N–H and O–H groups in total. The number of thiazole rings is 1. The normalized spacial score (nSPS) is 14.2. The van der Waals surface area contributed by atoms with Gasteiger partial charge in [0.1, 0.15) is 6.61 Å². The SMILES string of the molecule is CCOC(=O)C1=C(c2ccccc2)N=c2s/c(=C\c3cc(I)c(OCc4ccc([N+](=O)[O-])cc4)c(OC)c3)c(=O)n2[C@@H]1c1ccc(SC)cc1. The predicted molar refractivity (Wildman–Crippen MR) is 202 cm³/mol. The molecule has 0 unspecified atom stereocenters. The Hall–Kier alpha value is -4.73. The molecule has 1 aliphatic rings. The number of nitro benzene ring substituents is 1. The van der Waals surface area contributed by atoms with E-state index in [2.05, 4.69) is 22.6 Å². The van der Waals surface area contributed by atoms with E-state index in [1.54, 1.807) is 47.5 Å². The van der Waals surface area contributed by atoms with Crippen molar-refractivity contribution < 1.29 is 23.9 Å². The zero-order chi connectivity index (χ0) is 35.4. The third-order valence-corrected chi connectivity index (χ3v) is 10.4. The number of methoxy groups -OCH3 is 1. The summed E-state index contributed by atoms with van der Waals surface area (Å²) >= 11 is 4.99. The number of hydrogen-bond acceptors (Lipinski definition) is 10. The zero-order valence-electron chi connectivity index (χ0n) is 27.1. The minimum absolute atomic E-state index is 0.00349. The summed E-state index contributed by atoms with van der Waals surface area (Å²) < 4.78 is 20.1. The van der Waals surface area contributed by atoms with Gasteiger partial charge in [-0.05, 0) is 94.9 Å². The van der Waals surface area contributed by atoms with Crippen LogP contribution in [0.2, 0.25) is 0 Å². The summed E-state index contributed by atoms with van der Waals surface area (Å²) in [6, 6.07) is 26.3. The quantitative estimate of drug-likeness (QED) is 0.0472. The van der Waals surface area contributed by atoms with Crippen molar-refractivity contribution in [1.29, 1.82) is 0 Å². The predicted octanol–water partition coefficient (Wildman–Crippen LogP) is 6.76. The first kappa shape index (κ1) is 35.1. The molecule has 13 heteroatoms. The largest absolute Gasteiger partial charge is 0.493 e. The second-order valence-corrected chi connectivity index (χ2v) is 14.0. The molecule has 10 nitrogen and oxygen atoms in total. The molecule has 254 valence electrons. The number of non-ortho nitro benzene ring substituents is 1. The van der Waals surface area contributed by atoms with E-state index < -0.39 is 16.9 Å². The van der Waals surface area contributed by atoms with Crippen LogP contribution < -0.4 is 24.4 Å². The van der Waals surface area contributed by atoms with Gasteiger partial charge in [-0.25, -0.2) is 9.79 Å². The molecule has 0 bridgehead atoms. The maximum Gasteiger partial charge on any atom is 0.338 e. The second-order valence-electron chi connectivity index (χ2n) is 11.0. The van der Waals surface area contributed by atoms with E-state index >= 15 is 0 Å². The Bertz CT molecular complexity index is 2290. The van der Waals surface area contributed by atoms with E-state index in [0.29, 0.717) is 37.7 Å². The number of hydrogen-bond donors (Lipinski definition) is 0. The number of carbonyl (C=O) groups is 1. The minimum Gasteiger partial charge on any atom is -0.493 e. The van der Waals surface area contributed by atoms with Crippen molar-refractivity contribution in [2.45, 2.75) is 24.5 Å². The molecule has 0 saturated carbocycles. The molecule has 1 aliphatic heterocycles. The van der Waals surface area contributed by atoms with Crippen molar-refractivity contribution in [3.8, 4) is 11.5 Å². The van der Waals surface area contributed by atoms with E-state index in [1.165, 1.54) is 30.6 Å². The van der Waals surface area contributed by atoms with E-state index in [1.807, 2.05) is 66.9 Å². The van der Waals surface area contributed by atoms with Gasteiger partial charge >= 0.3 is 5.97 Å². The van der Waals surface area contributed by atoms with Gasteiger partial charge in [0.2, 0.25) is 0 Å². The van der Waals surface area contributed by atoms with Crippen molar-refractivity contribution in [2.75, 3.05) is 20.0 Å². The highest BCUT2D eigenvalue weighted by atomic mass is 127. The number of benzene rings is 4. The van der Waals surface area contributed by atoms with Crippen molar-refractivity contribution in [1.82, 2.24) is 4.57 Å². The monoisotopic (exact) mass is 819 g/mol. The number of esters is 1. The third kappa shape index (κ3) is 7.25. The van der Waals surface area contributed by atoms with Crippen LogP contribution in [0.4, 0.5) is 5.69 Å². The summed E-state index contributed by atoms with van der Waals surface area (Å²) in [6.07, 6.45) is 3.77. The minimum atomic E-state index is -0.775. The van der Waals surface area contributed by atoms with Gasteiger partial charge < -0.3 is 14.2 Å². The Morgan fingerprint density at radius 3 is 2.44 bits per heavy atom. The highest BCUT2D eigenvalue weighted by molar-refractivity contribution is 14.1. The number of ether oxygens (including phenoxy) is 3. The van der Waals surface area contributed by atoms with Crippen LogP contribution in [0.25, 0.3) is 11.8 Å². The Morgan fingerprint density at radius 1 is 1.08 bits per heavy atom. The number of nitrogens with zero attached hydrogens (tertiary/aromatic N) is 3. The van der Waals surface area contributed by atoms with Crippen molar-refractivity contribution >= 4 is 69.1 Å². The Labute approximate surface area is 309 Å². The number of thioether (sulfide) groups is 1. The third-order valence-electron chi connectivity index (χ3n) is 7.89. The van der Waals surface area contributed by atoms with Gasteiger partial charge in [-0.1, -0.05) is 53.8 Å². The van der Waals surface area contributed by atoms with Gasteiger partial charge in [-0.15, -0.1) is 11.8 Å². The molecular weight excluding hydrogens is 789 g/mol. The Balaban J connectivity index is 1.45. The number of fused-ring (bicyclic) bond motifs is 1. The number of aromatic nitrogens is 1. The average Bonchev–Trinajstić information content (AvgIpc) is 3.44. The molecule has 1 aromatic heterocycles. The molecule has 0 spiro atoms. The molecule has 5 aromatic rings. The van der Waals surface area contributed by atoms with Crippen molar-refractivity contribution in [3.05, 3.63) is 152 Å². The van der Waals surface area contributed by atoms with Crippen LogP contribution in [0.5, 0.6) is 11.5 Å². The highest BCUT2D eigenvalue weighted by Gasteiger charge is 2.35. The fraction of sp³-hybridized carbons (Fsp3) is 0.162. The maximum absolute atomic E-state index is 14.3. The van der Waals surface area contributed by atoms with Crippen molar-refractivity contribution in [2.24, 2.45) is 4.99 Å². The van der Waals surface area contributed by atoms with E-state index in [9.17, 15) is 19.7 Å². The molecule has 0 radical (unpaired) electrons. The number of nitro groups is 1. The lowest BCUT2D eigenvalue weighted by atomic mass is 9.93. The van der Waals surface area contributed by atoms with Crippen LogP contribution in [0.3, 0.4) is 0 Å². The van der Waals surface area contributed by atoms with E-state index in [-0.39, 0.29) is 24.5 Å². The molecule has 0 amide bonds. The molecule has 0 aliphatic carbocycles. The first-order valence-electron chi connectivity index (χ1n) is 15.4. The lowest BCUT2D eigenvalue weighted by Crippen LogP contribution is -2.40. The molecule has 0 saturated heterocycles. The molecular formula is C37H30IN3O7S2. The molecule has 0 fully saturated rings. The van der Waals surface area contributed by atoms with Gasteiger partial charge in [0.15, 0.2) is 16.3 Å². The zero-order valence-corrected chi connectivity index (χ0v) is 30.9. The van der Waals surface area contributed by atoms with Crippen LogP contribution in [0.15, 0.2) is 111 Å². The first-order valence-corrected chi connectivity index (χ1v) is 18.5. The van der Waals surface area contributed by atoms with Crippen LogP contribution >= 0.6 is 45.7 Å². The van der Waals surface area contributed by atoms with E-state index in [0.717, 1.165) is 25.2 Å². The maximum atomic E-state index is 14.3. The van der Waals surface area contributed by atoms with Gasteiger partial charge in [-0.2, -0.15) is 0 Å². The second kappa shape index (κ2) is 15.4. The summed E-state index contributed by atoms with van der Waals surface area (Å²) in [7, 11) is 1.53.